The average molecular weight is 225 g/mol. The minimum absolute atomic E-state index is 0.254. The smallest absolute Gasteiger partial charge is 0.129 e. The second-order valence-electron chi connectivity index (χ2n) is 5.03. The fourth-order valence-electron chi connectivity index (χ4n) is 1.54. The number of nitrogens with two attached hydrogens (primary N) is 1. The van der Waals surface area contributed by atoms with Crippen molar-refractivity contribution in [2.45, 2.75) is 45.4 Å². The molecule has 90 valence electrons. The van der Waals surface area contributed by atoms with Crippen molar-refractivity contribution in [3.05, 3.63) is 35.6 Å². The molecule has 16 heavy (non-hydrogen) atoms. The van der Waals surface area contributed by atoms with E-state index in [2.05, 4.69) is 0 Å². The molecule has 3 heteroatoms. The third-order valence-electron chi connectivity index (χ3n) is 2.17. The lowest BCUT2D eigenvalue weighted by atomic mass is 10.0. The second kappa shape index (κ2) is 4.93. The molecular weight excluding hydrogens is 205 g/mol. The topological polar surface area (TPSA) is 35.2 Å². The Bertz CT molecular complexity index is 344. The molecule has 0 saturated heterocycles. The Morgan fingerprint density at radius 3 is 2.25 bits per heavy atom. The van der Waals surface area contributed by atoms with Crippen LogP contribution in [0.2, 0.25) is 0 Å². The van der Waals surface area contributed by atoms with Gasteiger partial charge in [0.05, 0.1) is 5.60 Å². The van der Waals surface area contributed by atoms with Crippen molar-refractivity contribution < 1.29 is 9.13 Å². The Morgan fingerprint density at radius 2 is 1.81 bits per heavy atom. The first-order valence-corrected chi connectivity index (χ1v) is 5.49. The van der Waals surface area contributed by atoms with Gasteiger partial charge in [-0.15, -0.1) is 0 Å². The van der Waals surface area contributed by atoms with Crippen LogP contribution in [0.1, 0.15) is 39.4 Å². The van der Waals surface area contributed by atoms with Gasteiger partial charge in [-0.25, -0.2) is 4.39 Å². The standard InChI is InChI=1S/C13H20FNO/c1-9(15)12(16-13(2,3)4)10-7-5-6-8-11(10)14/h5-9,12H,15H2,1-4H3. The van der Waals surface area contributed by atoms with Crippen molar-refractivity contribution in [2.75, 3.05) is 0 Å². The summed E-state index contributed by atoms with van der Waals surface area (Å²) in [5.74, 6) is -0.269. The van der Waals surface area contributed by atoms with Crippen LogP contribution in [-0.4, -0.2) is 11.6 Å². The lowest BCUT2D eigenvalue weighted by molar-refractivity contribution is -0.0714. The van der Waals surface area contributed by atoms with Gasteiger partial charge in [-0.1, -0.05) is 18.2 Å². The summed E-state index contributed by atoms with van der Waals surface area (Å²) in [4.78, 5) is 0. The van der Waals surface area contributed by atoms with Gasteiger partial charge in [-0.3, -0.25) is 0 Å². The molecule has 0 aromatic heterocycles. The van der Waals surface area contributed by atoms with Gasteiger partial charge in [0.2, 0.25) is 0 Å². The number of halogens is 1. The monoisotopic (exact) mass is 225 g/mol. The average Bonchev–Trinajstić information content (AvgIpc) is 2.13. The highest BCUT2D eigenvalue weighted by Gasteiger charge is 2.25. The summed E-state index contributed by atoms with van der Waals surface area (Å²) in [6.07, 6.45) is -0.416. The largest absolute Gasteiger partial charge is 0.366 e. The summed E-state index contributed by atoms with van der Waals surface area (Å²) >= 11 is 0. The van der Waals surface area contributed by atoms with Crippen LogP contribution in [0.3, 0.4) is 0 Å². The van der Waals surface area contributed by atoms with Gasteiger partial charge in [-0.2, -0.15) is 0 Å². The highest BCUT2D eigenvalue weighted by Crippen LogP contribution is 2.27. The number of hydrogen-bond donors (Lipinski definition) is 1. The normalized spacial score (nSPS) is 15.9. The van der Waals surface area contributed by atoms with E-state index in [1.165, 1.54) is 6.07 Å². The molecule has 0 fully saturated rings. The van der Waals surface area contributed by atoms with Crippen molar-refractivity contribution in [1.82, 2.24) is 0 Å². The number of rotatable bonds is 3. The van der Waals surface area contributed by atoms with Crippen LogP contribution < -0.4 is 5.73 Å². The highest BCUT2D eigenvalue weighted by atomic mass is 19.1. The molecule has 1 aromatic rings. The van der Waals surface area contributed by atoms with Gasteiger partial charge < -0.3 is 10.5 Å². The first kappa shape index (κ1) is 13.1. The van der Waals surface area contributed by atoms with E-state index in [0.717, 1.165) is 0 Å². The third-order valence-corrected chi connectivity index (χ3v) is 2.17. The lowest BCUT2D eigenvalue weighted by Crippen LogP contribution is -2.33. The van der Waals surface area contributed by atoms with Crippen LogP contribution in [0, 0.1) is 5.82 Å². The Labute approximate surface area is 96.6 Å². The molecule has 0 bridgehead atoms. The van der Waals surface area contributed by atoms with Gasteiger partial charge >= 0.3 is 0 Å². The molecule has 2 N–H and O–H groups in total. The predicted molar refractivity (Wildman–Crippen MR) is 63.6 cm³/mol. The quantitative estimate of drug-likeness (QED) is 0.858. The molecular formula is C13H20FNO. The fourth-order valence-corrected chi connectivity index (χ4v) is 1.54. The van der Waals surface area contributed by atoms with Crippen LogP contribution in [0.5, 0.6) is 0 Å². The van der Waals surface area contributed by atoms with E-state index >= 15 is 0 Å². The zero-order chi connectivity index (χ0) is 12.3. The Hall–Kier alpha value is -0.930. The van der Waals surface area contributed by atoms with Gasteiger partial charge in [0, 0.05) is 11.6 Å². The number of benzene rings is 1. The summed E-state index contributed by atoms with van der Waals surface area (Å²) in [5, 5.41) is 0. The van der Waals surface area contributed by atoms with E-state index < -0.39 is 6.10 Å². The van der Waals surface area contributed by atoms with Crippen molar-refractivity contribution in [3.8, 4) is 0 Å². The Kier molecular flexibility index (Phi) is 4.05. The van der Waals surface area contributed by atoms with E-state index in [0.29, 0.717) is 5.56 Å². The van der Waals surface area contributed by atoms with Gasteiger partial charge in [0.25, 0.3) is 0 Å². The van der Waals surface area contributed by atoms with Gasteiger partial charge in [0.1, 0.15) is 11.9 Å². The van der Waals surface area contributed by atoms with E-state index in [4.69, 9.17) is 10.5 Å². The molecule has 0 aliphatic rings. The molecule has 1 rings (SSSR count). The molecule has 1 aromatic carbocycles. The maximum atomic E-state index is 13.6. The molecule has 2 atom stereocenters. The van der Waals surface area contributed by atoms with Crippen molar-refractivity contribution in [3.63, 3.8) is 0 Å². The summed E-state index contributed by atoms with van der Waals surface area (Å²) < 4.78 is 19.4. The van der Waals surface area contributed by atoms with E-state index in [9.17, 15) is 4.39 Å². The first-order chi connectivity index (χ1) is 7.31. The van der Waals surface area contributed by atoms with Crippen molar-refractivity contribution >= 4 is 0 Å². The summed E-state index contributed by atoms with van der Waals surface area (Å²) in [6.45, 7) is 7.62. The SMILES string of the molecule is CC(N)C(OC(C)(C)C)c1ccccc1F. The Morgan fingerprint density at radius 1 is 1.25 bits per heavy atom. The molecule has 0 radical (unpaired) electrons. The predicted octanol–water partition coefficient (Wildman–Crippen LogP) is 3.03. The number of hydrogen-bond acceptors (Lipinski definition) is 2. The van der Waals surface area contributed by atoms with Gasteiger partial charge in [-0.05, 0) is 33.8 Å². The van der Waals surface area contributed by atoms with E-state index in [1.807, 2.05) is 27.7 Å². The fraction of sp³-hybridized carbons (Fsp3) is 0.538. The first-order valence-electron chi connectivity index (χ1n) is 5.49. The number of ether oxygens (including phenoxy) is 1. The van der Waals surface area contributed by atoms with Crippen LogP contribution in [0.4, 0.5) is 4.39 Å². The summed E-state index contributed by atoms with van der Waals surface area (Å²) in [6, 6.07) is 6.34. The Balaban J connectivity index is 2.99. The zero-order valence-electron chi connectivity index (χ0n) is 10.3. The van der Waals surface area contributed by atoms with Crippen LogP contribution >= 0.6 is 0 Å². The molecule has 0 spiro atoms. The van der Waals surface area contributed by atoms with Crippen molar-refractivity contribution in [2.24, 2.45) is 5.73 Å². The van der Waals surface area contributed by atoms with E-state index in [-0.39, 0.29) is 17.5 Å². The molecule has 0 amide bonds. The molecule has 0 heterocycles. The summed E-state index contributed by atoms with van der Waals surface area (Å²) in [5.41, 5.74) is 6.03. The molecule has 0 aliphatic carbocycles. The van der Waals surface area contributed by atoms with Crippen LogP contribution in [0.25, 0.3) is 0 Å². The summed E-state index contributed by atoms with van der Waals surface area (Å²) in [7, 11) is 0. The lowest BCUT2D eigenvalue weighted by Gasteiger charge is -2.30. The van der Waals surface area contributed by atoms with E-state index in [1.54, 1.807) is 18.2 Å². The minimum Gasteiger partial charge on any atom is -0.366 e. The molecule has 2 unspecified atom stereocenters. The van der Waals surface area contributed by atoms with Crippen LogP contribution in [0.15, 0.2) is 24.3 Å². The molecule has 0 aliphatic heterocycles. The second-order valence-corrected chi connectivity index (χ2v) is 5.03. The van der Waals surface area contributed by atoms with Crippen LogP contribution in [-0.2, 0) is 4.74 Å². The highest BCUT2D eigenvalue weighted by molar-refractivity contribution is 5.21. The molecule has 2 nitrogen and oxygen atoms in total. The zero-order valence-corrected chi connectivity index (χ0v) is 10.3. The third kappa shape index (κ3) is 3.58. The minimum atomic E-state index is -0.416. The van der Waals surface area contributed by atoms with Crippen molar-refractivity contribution in [1.29, 1.82) is 0 Å². The molecule has 0 saturated carbocycles. The maximum absolute atomic E-state index is 13.6. The maximum Gasteiger partial charge on any atom is 0.129 e. The van der Waals surface area contributed by atoms with Gasteiger partial charge in [0.15, 0.2) is 0 Å².